The maximum Gasteiger partial charge on any atom is 0.237 e. The van der Waals surface area contributed by atoms with Gasteiger partial charge in [0.25, 0.3) is 0 Å². The first-order chi connectivity index (χ1) is 8.20. The molecule has 1 aliphatic carbocycles. The van der Waals surface area contributed by atoms with Crippen molar-refractivity contribution in [2.45, 2.75) is 64.3 Å². The fourth-order valence-corrected chi connectivity index (χ4v) is 3.09. The van der Waals surface area contributed by atoms with Crippen molar-refractivity contribution in [1.82, 2.24) is 10.6 Å². The molecule has 1 atom stereocenters. The molecule has 0 radical (unpaired) electrons. The van der Waals surface area contributed by atoms with Gasteiger partial charge in [-0.25, -0.2) is 0 Å². The molecule has 1 saturated carbocycles. The third-order valence-corrected chi connectivity index (χ3v) is 4.38. The minimum Gasteiger partial charge on any atom is -0.354 e. The van der Waals surface area contributed by atoms with Crippen molar-refractivity contribution < 1.29 is 4.79 Å². The quantitative estimate of drug-likeness (QED) is 0.740. The summed E-state index contributed by atoms with van der Waals surface area (Å²) >= 11 is 0. The third kappa shape index (κ3) is 3.70. The van der Waals surface area contributed by atoms with Crippen molar-refractivity contribution in [2.24, 2.45) is 5.41 Å². The summed E-state index contributed by atoms with van der Waals surface area (Å²) in [6, 6.07) is 0.0735. The summed E-state index contributed by atoms with van der Waals surface area (Å²) < 4.78 is 0. The van der Waals surface area contributed by atoms with Crippen molar-refractivity contribution in [3.8, 4) is 0 Å². The van der Waals surface area contributed by atoms with Gasteiger partial charge < -0.3 is 10.6 Å². The molecule has 2 N–H and O–H groups in total. The largest absolute Gasteiger partial charge is 0.354 e. The Morgan fingerprint density at radius 2 is 1.94 bits per heavy atom. The van der Waals surface area contributed by atoms with E-state index in [4.69, 9.17) is 0 Å². The van der Waals surface area contributed by atoms with Gasteiger partial charge in [0, 0.05) is 6.54 Å². The van der Waals surface area contributed by atoms with Crippen molar-refractivity contribution in [1.29, 1.82) is 0 Å². The second kappa shape index (κ2) is 5.85. The van der Waals surface area contributed by atoms with Crippen LogP contribution in [0.4, 0.5) is 0 Å². The summed E-state index contributed by atoms with van der Waals surface area (Å²) in [5.41, 5.74) is 0.338. The van der Waals surface area contributed by atoms with Crippen molar-refractivity contribution >= 4 is 5.91 Å². The Morgan fingerprint density at radius 3 is 2.53 bits per heavy atom. The van der Waals surface area contributed by atoms with E-state index < -0.39 is 0 Å². The Morgan fingerprint density at radius 1 is 1.24 bits per heavy atom. The van der Waals surface area contributed by atoms with Gasteiger partial charge in [0.1, 0.15) is 0 Å². The van der Waals surface area contributed by atoms with Crippen LogP contribution < -0.4 is 10.6 Å². The van der Waals surface area contributed by atoms with Gasteiger partial charge >= 0.3 is 0 Å². The molecule has 0 aromatic rings. The van der Waals surface area contributed by atoms with Gasteiger partial charge in [-0.3, -0.25) is 4.79 Å². The average molecular weight is 238 g/mol. The molecule has 17 heavy (non-hydrogen) atoms. The molecule has 1 aliphatic heterocycles. The normalized spacial score (nSPS) is 28.6. The molecule has 2 fully saturated rings. The third-order valence-electron chi connectivity index (χ3n) is 4.38. The fraction of sp³-hybridized carbons (Fsp3) is 0.929. The highest BCUT2D eigenvalue weighted by atomic mass is 16.2. The SMILES string of the molecule is CC1(CNC(=O)C2CCCN2)CCCCCC1. The molecular formula is C14H26N2O. The molecule has 3 nitrogen and oxygen atoms in total. The Labute approximate surface area is 105 Å². The monoisotopic (exact) mass is 238 g/mol. The fourth-order valence-electron chi connectivity index (χ4n) is 3.09. The summed E-state index contributed by atoms with van der Waals surface area (Å²) in [5, 5.41) is 6.42. The van der Waals surface area contributed by atoms with Crippen LogP contribution in [0.5, 0.6) is 0 Å². The lowest BCUT2D eigenvalue weighted by molar-refractivity contribution is -0.123. The van der Waals surface area contributed by atoms with E-state index in [1.54, 1.807) is 0 Å². The van der Waals surface area contributed by atoms with E-state index in [1.807, 2.05) is 0 Å². The Kier molecular flexibility index (Phi) is 4.43. The molecule has 1 amide bonds. The lowest BCUT2D eigenvalue weighted by atomic mass is 9.82. The number of nitrogens with one attached hydrogen (secondary N) is 2. The van der Waals surface area contributed by atoms with E-state index in [0.717, 1.165) is 25.9 Å². The molecule has 0 bridgehead atoms. The van der Waals surface area contributed by atoms with Crippen molar-refractivity contribution in [3.63, 3.8) is 0 Å². The predicted molar refractivity (Wildman–Crippen MR) is 69.8 cm³/mol. The van der Waals surface area contributed by atoms with Crippen molar-refractivity contribution in [2.75, 3.05) is 13.1 Å². The minimum atomic E-state index is 0.0735. The van der Waals surface area contributed by atoms with Gasteiger partial charge in [-0.1, -0.05) is 32.6 Å². The second-order valence-electron chi connectivity index (χ2n) is 6.09. The molecular weight excluding hydrogens is 212 g/mol. The number of rotatable bonds is 3. The van der Waals surface area contributed by atoms with Crippen LogP contribution in [0, 0.1) is 5.41 Å². The van der Waals surface area contributed by atoms with Gasteiger partial charge in [0.05, 0.1) is 6.04 Å². The highest BCUT2D eigenvalue weighted by Crippen LogP contribution is 2.33. The van der Waals surface area contributed by atoms with Gasteiger partial charge in [-0.15, -0.1) is 0 Å². The first kappa shape index (κ1) is 12.9. The average Bonchev–Trinajstić information content (AvgIpc) is 2.77. The van der Waals surface area contributed by atoms with E-state index in [-0.39, 0.29) is 11.9 Å². The Balaban J connectivity index is 1.77. The number of carbonyl (C=O) groups excluding carboxylic acids is 1. The van der Waals surface area contributed by atoms with Crippen LogP contribution in [0.2, 0.25) is 0 Å². The first-order valence-electron chi connectivity index (χ1n) is 7.21. The molecule has 1 saturated heterocycles. The summed E-state index contributed by atoms with van der Waals surface area (Å²) in [6.07, 6.45) is 10.1. The molecule has 1 unspecified atom stereocenters. The first-order valence-corrected chi connectivity index (χ1v) is 7.21. The van der Waals surface area contributed by atoms with Gasteiger partial charge in [0.15, 0.2) is 0 Å². The molecule has 0 aromatic heterocycles. The molecule has 0 spiro atoms. The van der Waals surface area contributed by atoms with Crippen LogP contribution in [0.25, 0.3) is 0 Å². The lowest BCUT2D eigenvalue weighted by Gasteiger charge is -2.29. The van der Waals surface area contributed by atoms with E-state index in [9.17, 15) is 4.79 Å². The van der Waals surface area contributed by atoms with Crippen LogP contribution in [-0.4, -0.2) is 25.0 Å². The van der Waals surface area contributed by atoms with Gasteiger partial charge in [-0.2, -0.15) is 0 Å². The second-order valence-corrected chi connectivity index (χ2v) is 6.09. The van der Waals surface area contributed by atoms with E-state index in [2.05, 4.69) is 17.6 Å². The lowest BCUT2D eigenvalue weighted by Crippen LogP contribution is -2.44. The zero-order valence-electron chi connectivity index (χ0n) is 11.1. The van der Waals surface area contributed by atoms with E-state index >= 15 is 0 Å². The summed E-state index contributed by atoms with van der Waals surface area (Å²) in [6.45, 7) is 4.19. The zero-order valence-corrected chi connectivity index (χ0v) is 11.1. The molecule has 3 heteroatoms. The van der Waals surface area contributed by atoms with E-state index in [1.165, 1.54) is 38.5 Å². The van der Waals surface area contributed by atoms with E-state index in [0.29, 0.717) is 5.41 Å². The maximum atomic E-state index is 11.9. The van der Waals surface area contributed by atoms with Crippen LogP contribution in [0.1, 0.15) is 58.3 Å². The minimum absolute atomic E-state index is 0.0735. The summed E-state index contributed by atoms with van der Waals surface area (Å²) in [5.74, 6) is 0.216. The van der Waals surface area contributed by atoms with Crippen LogP contribution in [-0.2, 0) is 4.79 Å². The molecule has 2 aliphatic rings. The van der Waals surface area contributed by atoms with Crippen LogP contribution in [0.3, 0.4) is 0 Å². The topological polar surface area (TPSA) is 41.1 Å². The number of hydrogen-bond donors (Lipinski definition) is 2. The number of carbonyl (C=O) groups is 1. The molecule has 2 rings (SSSR count). The Bertz CT molecular complexity index is 251. The van der Waals surface area contributed by atoms with Crippen LogP contribution >= 0.6 is 0 Å². The summed E-state index contributed by atoms with van der Waals surface area (Å²) in [4.78, 5) is 11.9. The van der Waals surface area contributed by atoms with Crippen LogP contribution in [0.15, 0.2) is 0 Å². The zero-order chi connectivity index (χ0) is 12.1. The number of amides is 1. The summed E-state index contributed by atoms with van der Waals surface area (Å²) in [7, 11) is 0. The highest BCUT2D eigenvalue weighted by molar-refractivity contribution is 5.82. The molecule has 1 heterocycles. The van der Waals surface area contributed by atoms with Crippen molar-refractivity contribution in [3.05, 3.63) is 0 Å². The molecule has 0 aromatic carbocycles. The Hall–Kier alpha value is -0.570. The highest BCUT2D eigenvalue weighted by Gasteiger charge is 2.28. The number of hydrogen-bond acceptors (Lipinski definition) is 2. The van der Waals surface area contributed by atoms with Gasteiger partial charge in [-0.05, 0) is 37.6 Å². The standard InChI is InChI=1S/C14H26N2O/c1-14(8-4-2-3-5-9-14)11-16-13(17)12-7-6-10-15-12/h12,15H,2-11H2,1H3,(H,16,17). The smallest absolute Gasteiger partial charge is 0.237 e. The predicted octanol–water partition coefficient (Wildman–Crippen LogP) is 2.22. The molecule has 98 valence electrons. The van der Waals surface area contributed by atoms with Gasteiger partial charge in [0.2, 0.25) is 5.91 Å². The maximum absolute atomic E-state index is 11.9.